The van der Waals surface area contributed by atoms with Crippen molar-refractivity contribution < 1.29 is 14.3 Å². The number of carbonyl (C=O) groups is 1. The average Bonchev–Trinajstić information content (AvgIpc) is 2.01. The van der Waals surface area contributed by atoms with E-state index < -0.39 is 6.29 Å². The van der Waals surface area contributed by atoms with Gasteiger partial charge in [0.05, 0.1) is 10.9 Å². The lowest BCUT2D eigenvalue weighted by Crippen LogP contribution is -2.37. The summed E-state index contributed by atoms with van der Waals surface area (Å²) in [5.41, 5.74) is -0.211. The van der Waals surface area contributed by atoms with Crippen LogP contribution in [0.3, 0.4) is 0 Å². The summed E-state index contributed by atoms with van der Waals surface area (Å²) in [4.78, 5) is 11.3. The Morgan fingerprint density at radius 1 is 1.43 bits per heavy atom. The molecule has 0 saturated heterocycles. The van der Waals surface area contributed by atoms with Crippen LogP contribution in [0.15, 0.2) is 11.8 Å². The van der Waals surface area contributed by atoms with Crippen molar-refractivity contribution in [1.82, 2.24) is 0 Å². The van der Waals surface area contributed by atoms with Gasteiger partial charge in [-0.3, -0.25) is 0 Å². The molecule has 2 unspecified atom stereocenters. The number of esters is 1. The van der Waals surface area contributed by atoms with Gasteiger partial charge in [0.2, 0.25) is 6.29 Å². The maximum absolute atomic E-state index is 11.2. The SMILES string of the molecule is CC(Br)C1=CC(=O)OC(C(C)(C)C)O1. The van der Waals surface area contributed by atoms with Crippen LogP contribution in [0.4, 0.5) is 0 Å². The van der Waals surface area contributed by atoms with Crippen molar-refractivity contribution in [3.8, 4) is 0 Å². The topological polar surface area (TPSA) is 35.5 Å². The van der Waals surface area contributed by atoms with Crippen LogP contribution in [-0.4, -0.2) is 17.1 Å². The molecule has 1 aliphatic rings. The molecule has 0 aromatic heterocycles. The second-order valence-electron chi connectivity index (χ2n) is 4.42. The van der Waals surface area contributed by atoms with Gasteiger partial charge in [-0.05, 0) is 6.92 Å². The van der Waals surface area contributed by atoms with E-state index in [1.165, 1.54) is 6.08 Å². The first-order chi connectivity index (χ1) is 6.30. The standard InChI is InChI=1S/C10H15BrO3/c1-6(11)7-5-8(12)14-9(13-7)10(2,3)4/h5-6,9H,1-4H3. The number of hydrogen-bond donors (Lipinski definition) is 0. The van der Waals surface area contributed by atoms with E-state index in [0.29, 0.717) is 5.76 Å². The van der Waals surface area contributed by atoms with Crippen LogP contribution in [0, 0.1) is 5.41 Å². The molecule has 3 nitrogen and oxygen atoms in total. The minimum Gasteiger partial charge on any atom is -0.457 e. The van der Waals surface area contributed by atoms with Gasteiger partial charge in [-0.1, -0.05) is 36.7 Å². The summed E-state index contributed by atoms with van der Waals surface area (Å²) in [5.74, 6) is 0.290. The summed E-state index contributed by atoms with van der Waals surface area (Å²) in [6, 6.07) is 0. The highest BCUT2D eigenvalue weighted by molar-refractivity contribution is 9.09. The number of halogens is 1. The fourth-order valence-corrected chi connectivity index (χ4v) is 1.24. The second kappa shape index (κ2) is 3.93. The quantitative estimate of drug-likeness (QED) is 0.539. The number of ether oxygens (including phenoxy) is 2. The molecule has 2 atom stereocenters. The molecule has 0 aliphatic carbocycles. The Bertz CT molecular complexity index is 263. The van der Waals surface area contributed by atoms with Crippen LogP contribution in [0.2, 0.25) is 0 Å². The molecule has 1 aliphatic heterocycles. The van der Waals surface area contributed by atoms with Gasteiger partial charge in [0, 0.05) is 5.41 Å². The Kier molecular flexibility index (Phi) is 3.24. The van der Waals surface area contributed by atoms with E-state index in [0.717, 1.165) is 0 Å². The van der Waals surface area contributed by atoms with E-state index in [4.69, 9.17) is 9.47 Å². The van der Waals surface area contributed by atoms with Crippen LogP contribution in [0.25, 0.3) is 0 Å². The number of cyclic esters (lactones) is 1. The zero-order valence-corrected chi connectivity index (χ0v) is 10.4. The van der Waals surface area contributed by atoms with Crippen LogP contribution in [0.1, 0.15) is 27.7 Å². The van der Waals surface area contributed by atoms with Crippen LogP contribution >= 0.6 is 15.9 Å². The highest BCUT2D eigenvalue weighted by atomic mass is 79.9. The fraction of sp³-hybridized carbons (Fsp3) is 0.700. The second-order valence-corrected chi connectivity index (χ2v) is 5.79. The zero-order chi connectivity index (χ0) is 10.9. The van der Waals surface area contributed by atoms with Crippen molar-refractivity contribution >= 4 is 21.9 Å². The van der Waals surface area contributed by atoms with E-state index in [2.05, 4.69) is 15.9 Å². The molecule has 0 N–H and O–H groups in total. The predicted molar refractivity (Wildman–Crippen MR) is 56.9 cm³/mol. The minimum absolute atomic E-state index is 0.0280. The van der Waals surface area contributed by atoms with E-state index in [9.17, 15) is 4.79 Å². The largest absolute Gasteiger partial charge is 0.457 e. The van der Waals surface area contributed by atoms with E-state index in [-0.39, 0.29) is 16.2 Å². The van der Waals surface area contributed by atoms with E-state index in [1.54, 1.807) is 0 Å². The zero-order valence-electron chi connectivity index (χ0n) is 8.83. The molecule has 14 heavy (non-hydrogen) atoms. The number of allylic oxidation sites excluding steroid dienone is 1. The van der Waals surface area contributed by atoms with Crippen molar-refractivity contribution in [3.05, 3.63) is 11.8 Å². The van der Waals surface area contributed by atoms with Gasteiger partial charge in [-0.2, -0.15) is 0 Å². The van der Waals surface area contributed by atoms with Crippen molar-refractivity contribution in [2.45, 2.75) is 38.8 Å². The Morgan fingerprint density at radius 2 is 2.00 bits per heavy atom. The van der Waals surface area contributed by atoms with Gasteiger partial charge in [0.25, 0.3) is 0 Å². The summed E-state index contributed by atoms with van der Waals surface area (Å²) < 4.78 is 10.6. The number of carbonyl (C=O) groups excluding carboxylic acids is 1. The lowest BCUT2D eigenvalue weighted by molar-refractivity contribution is -0.195. The van der Waals surface area contributed by atoms with Gasteiger partial charge in [-0.25, -0.2) is 4.79 Å². The van der Waals surface area contributed by atoms with Gasteiger partial charge in [0.1, 0.15) is 5.76 Å². The molecule has 0 saturated carbocycles. The molecule has 0 fully saturated rings. The van der Waals surface area contributed by atoms with Crippen LogP contribution < -0.4 is 0 Å². The normalized spacial score (nSPS) is 24.8. The van der Waals surface area contributed by atoms with Gasteiger partial charge >= 0.3 is 5.97 Å². The smallest absolute Gasteiger partial charge is 0.337 e. The maximum Gasteiger partial charge on any atom is 0.337 e. The highest BCUT2D eigenvalue weighted by Gasteiger charge is 2.34. The molecular weight excluding hydrogens is 248 g/mol. The summed E-state index contributed by atoms with van der Waals surface area (Å²) in [6.45, 7) is 7.80. The molecule has 0 radical (unpaired) electrons. The van der Waals surface area contributed by atoms with E-state index >= 15 is 0 Å². The molecule has 1 heterocycles. The van der Waals surface area contributed by atoms with Crippen LogP contribution in [-0.2, 0) is 14.3 Å². The Hall–Kier alpha value is -0.510. The molecular formula is C10H15BrO3. The Labute approximate surface area is 92.6 Å². The number of alkyl halides is 1. The first-order valence-electron chi connectivity index (χ1n) is 4.53. The maximum atomic E-state index is 11.2. The van der Waals surface area contributed by atoms with Crippen molar-refractivity contribution in [2.75, 3.05) is 0 Å². The minimum atomic E-state index is -0.505. The molecule has 0 aromatic carbocycles. The van der Waals surface area contributed by atoms with Gasteiger partial charge < -0.3 is 9.47 Å². The third kappa shape index (κ3) is 2.74. The first kappa shape index (κ1) is 11.6. The predicted octanol–water partition coefficient (Wildman–Crippen LogP) is 2.60. The highest BCUT2D eigenvalue weighted by Crippen LogP contribution is 2.30. The summed E-state index contributed by atoms with van der Waals surface area (Å²) in [5, 5.41) is 0. The molecule has 0 bridgehead atoms. The summed E-state index contributed by atoms with van der Waals surface area (Å²) in [6.07, 6.45) is 0.872. The van der Waals surface area contributed by atoms with Crippen molar-refractivity contribution in [2.24, 2.45) is 5.41 Å². The van der Waals surface area contributed by atoms with Crippen molar-refractivity contribution in [1.29, 1.82) is 0 Å². The average molecular weight is 263 g/mol. The summed E-state index contributed by atoms with van der Waals surface area (Å²) in [7, 11) is 0. The Balaban J connectivity index is 2.82. The summed E-state index contributed by atoms with van der Waals surface area (Å²) >= 11 is 3.36. The number of hydrogen-bond acceptors (Lipinski definition) is 3. The van der Waals surface area contributed by atoms with Gasteiger partial charge in [0.15, 0.2) is 0 Å². The van der Waals surface area contributed by atoms with Crippen LogP contribution in [0.5, 0.6) is 0 Å². The lowest BCUT2D eigenvalue weighted by Gasteiger charge is -2.33. The fourth-order valence-electron chi connectivity index (χ4n) is 0.999. The molecule has 1 rings (SSSR count). The first-order valence-corrected chi connectivity index (χ1v) is 5.45. The lowest BCUT2D eigenvalue weighted by atomic mass is 9.95. The van der Waals surface area contributed by atoms with E-state index in [1.807, 2.05) is 27.7 Å². The molecule has 4 heteroatoms. The molecule has 0 spiro atoms. The monoisotopic (exact) mass is 262 g/mol. The molecule has 80 valence electrons. The number of rotatable bonds is 1. The van der Waals surface area contributed by atoms with Crippen molar-refractivity contribution in [3.63, 3.8) is 0 Å². The van der Waals surface area contributed by atoms with Gasteiger partial charge in [-0.15, -0.1) is 0 Å². The molecule has 0 aromatic rings. The third-order valence-corrected chi connectivity index (χ3v) is 2.28. The molecule has 0 amide bonds. The Morgan fingerprint density at radius 3 is 2.43 bits per heavy atom. The third-order valence-electron chi connectivity index (χ3n) is 1.83.